The topological polar surface area (TPSA) is 29.1 Å². The van der Waals surface area contributed by atoms with E-state index in [0.29, 0.717) is 6.42 Å². The van der Waals surface area contributed by atoms with Crippen molar-refractivity contribution in [1.29, 1.82) is 0 Å². The second-order valence-electron chi connectivity index (χ2n) is 4.05. The van der Waals surface area contributed by atoms with Crippen LogP contribution in [0, 0.1) is 5.41 Å². The number of allylic oxidation sites excluding steroid dienone is 1. The van der Waals surface area contributed by atoms with Gasteiger partial charge in [-0.25, -0.2) is 0 Å². The summed E-state index contributed by atoms with van der Waals surface area (Å²) in [6.45, 7) is 5.23. The molecule has 1 aliphatic rings. The van der Waals surface area contributed by atoms with Crippen LogP contribution in [-0.4, -0.2) is 19.4 Å². The first kappa shape index (κ1) is 9.46. The molecule has 0 aromatic carbocycles. The van der Waals surface area contributed by atoms with Gasteiger partial charge in [0.2, 0.25) is 0 Å². The van der Waals surface area contributed by atoms with Crippen LogP contribution >= 0.6 is 0 Å². The smallest absolute Gasteiger partial charge is 0.155 e. The summed E-state index contributed by atoms with van der Waals surface area (Å²) in [7, 11) is 1.91. The van der Waals surface area contributed by atoms with Gasteiger partial charge in [0.25, 0.3) is 0 Å². The van der Waals surface area contributed by atoms with E-state index >= 15 is 0 Å². The number of hydrogen-bond acceptors (Lipinski definition) is 2. The highest BCUT2D eigenvalue weighted by Gasteiger charge is 2.27. The zero-order chi connectivity index (χ0) is 9.19. The molecule has 1 N–H and O–H groups in total. The molecule has 0 aromatic heterocycles. The van der Waals surface area contributed by atoms with E-state index < -0.39 is 0 Å². The van der Waals surface area contributed by atoms with Gasteiger partial charge in [-0.3, -0.25) is 4.79 Å². The van der Waals surface area contributed by atoms with Crippen molar-refractivity contribution in [3.8, 4) is 0 Å². The number of ketones is 1. The van der Waals surface area contributed by atoms with Crippen LogP contribution in [0.2, 0.25) is 0 Å². The highest BCUT2D eigenvalue weighted by atomic mass is 16.1. The Morgan fingerprint density at radius 2 is 2.25 bits per heavy atom. The molecule has 1 aliphatic carbocycles. The zero-order valence-electron chi connectivity index (χ0n) is 8.11. The first-order chi connectivity index (χ1) is 5.56. The summed E-state index contributed by atoms with van der Waals surface area (Å²) >= 11 is 0. The van der Waals surface area contributed by atoms with Crippen LogP contribution in [0.15, 0.2) is 11.6 Å². The van der Waals surface area contributed by atoms with Gasteiger partial charge >= 0.3 is 0 Å². The lowest BCUT2D eigenvalue weighted by Gasteiger charge is -2.31. The van der Waals surface area contributed by atoms with Gasteiger partial charge in [0.05, 0.1) is 0 Å². The van der Waals surface area contributed by atoms with Gasteiger partial charge in [-0.15, -0.1) is 0 Å². The highest BCUT2D eigenvalue weighted by Crippen LogP contribution is 2.34. The molecular weight excluding hydrogens is 150 g/mol. The number of carbonyl (C=O) groups is 1. The van der Waals surface area contributed by atoms with E-state index in [9.17, 15) is 4.79 Å². The molecule has 0 aliphatic heterocycles. The summed E-state index contributed by atoms with van der Waals surface area (Å²) in [6.07, 6.45) is 3.50. The minimum Gasteiger partial charge on any atom is -0.316 e. The molecule has 0 heterocycles. The average molecular weight is 167 g/mol. The maximum atomic E-state index is 11.1. The van der Waals surface area contributed by atoms with Crippen molar-refractivity contribution in [2.75, 3.05) is 13.6 Å². The summed E-state index contributed by atoms with van der Waals surface area (Å²) in [5.74, 6) is 0.277. The Morgan fingerprint density at radius 3 is 2.83 bits per heavy atom. The molecule has 0 unspecified atom stereocenters. The van der Waals surface area contributed by atoms with E-state index in [1.54, 1.807) is 6.08 Å². The lowest BCUT2D eigenvalue weighted by molar-refractivity contribution is -0.115. The maximum Gasteiger partial charge on any atom is 0.155 e. The number of rotatable bonds is 2. The lowest BCUT2D eigenvalue weighted by atomic mass is 9.75. The number of hydrogen-bond donors (Lipinski definition) is 1. The highest BCUT2D eigenvalue weighted by molar-refractivity contribution is 5.91. The second kappa shape index (κ2) is 3.40. The molecule has 0 fully saturated rings. The predicted octanol–water partition coefficient (Wildman–Crippen LogP) is 1.52. The normalized spacial score (nSPS) is 22.2. The first-order valence-corrected chi connectivity index (χ1v) is 4.45. The Morgan fingerprint density at radius 1 is 1.58 bits per heavy atom. The summed E-state index contributed by atoms with van der Waals surface area (Å²) in [5, 5.41) is 3.09. The third-order valence-electron chi connectivity index (χ3n) is 2.57. The molecule has 0 saturated heterocycles. The first-order valence-electron chi connectivity index (χ1n) is 4.45. The fourth-order valence-electron chi connectivity index (χ4n) is 1.54. The number of carbonyl (C=O) groups excluding carboxylic acids is 1. The minimum atomic E-state index is 0.205. The van der Waals surface area contributed by atoms with Gasteiger partial charge in [0, 0.05) is 13.0 Å². The monoisotopic (exact) mass is 167 g/mol. The number of likely N-dealkylation sites (N-methyl/N-ethyl adjacent to an activating group) is 1. The molecule has 2 nitrogen and oxygen atoms in total. The van der Waals surface area contributed by atoms with Crippen molar-refractivity contribution in [1.82, 2.24) is 5.32 Å². The third-order valence-corrected chi connectivity index (χ3v) is 2.57. The molecule has 0 spiro atoms. The van der Waals surface area contributed by atoms with Crippen LogP contribution in [0.1, 0.15) is 26.7 Å². The summed E-state index contributed by atoms with van der Waals surface area (Å²) < 4.78 is 0. The predicted molar refractivity (Wildman–Crippen MR) is 50.0 cm³/mol. The van der Waals surface area contributed by atoms with Crippen LogP contribution < -0.4 is 5.32 Å². The van der Waals surface area contributed by atoms with Crippen LogP contribution in [0.25, 0.3) is 0 Å². The molecule has 12 heavy (non-hydrogen) atoms. The maximum absolute atomic E-state index is 11.1. The lowest BCUT2D eigenvalue weighted by Crippen LogP contribution is -2.28. The van der Waals surface area contributed by atoms with Gasteiger partial charge in [-0.1, -0.05) is 13.8 Å². The Balaban J connectivity index is 2.81. The molecule has 68 valence electrons. The van der Waals surface area contributed by atoms with Crippen molar-refractivity contribution < 1.29 is 4.79 Å². The van der Waals surface area contributed by atoms with E-state index in [1.165, 1.54) is 5.57 Å². The van der Waals surface area contributed by atoms with E-state index in [2.05, 4.69) is 19.2 Å². The molecule has 0 amide bonds. The van der Waals surface area contributed by atoms with Crippen LogP contribution in [0.3, 0.4) is 0 Å². The van der Waals surface area contributed by atoms with Crippen LogP contribution in [0.5, 0.6) is 0 Å². The van der Waals surface area contributed by atoms with Gasteiger partial charge in [0.15, 0.2) is 5.78 Å². The SMILES string of the molecule is CNCC1=CC(=O)CCC1(C)C. The minimum absolute atomic E-state index is 0.205. The van der Waals surface area contributed by atoms with Crippen molar-refractivity contribution in [2.45, 2.75) is 26.7 Å². The van der Waals surface area contributed by atoms with Crippen molar-refractivity contribution in [3.05, 3.63) is 11.6 Å². The van der Waals surface area contributed by atoms with Crippen molar-refractivity contribution >= 4 is 5.78 Å². The van der Waals surface area contributed by atoms with Crippen molar-refractivity contribution in [2.24, 2.45) is 5.41 Å². The fourth-order valence-corrected chi connectivity index (χ4v) is 1.54. The average Bonchev–Trinajstić information content (AvgIpc) is 1.98. The second-order valence-corrected chi connectivity index (χ2v) is 4.05. The molecule has 0 bridgehead atoms. The van der Waals surface area contributed by atoms with Gasteiger partial charge in [-0.05, 0) is 30.5 Å². The van der Waals surface area contributed by atoms with Crippen molar-refractivity contribution in [3.63, 3.8) is 0 Å². The quantitative estimate of drug-likeness (QED) is 0.675. The van der Waals surface area contributed by atoms with Crippen LogP contribution in [0.4, 0.5) is 0 Å². The van der Waals surface area contributed by atoms with E-state index in [1.807, 2.05) is 7.05 Å². The van der Waals surface area contributed by atoms with Crippen LogP contribution in [-0.2, 0) is 4.79 Å². The summed E-state index contributed by atoms with van der Waals surface area (Å²) in [6, 6.07) is 0. The standard InChI is InChI=1S/C10H17NO/c1-10(2)5-4-9(12)6-8(10)7-11-3/h6,11H,4-5,7H2,1-3H3. The van der Waals surface area contributed by atoms with Gasteiger partial charge in [0.1, 0.15) is 0 Å². The summed E-state index contributed by atoms with van der Waals surface area (Å²) in [4.78, 5) is 11.1. The van der Waals surface area contributed by atoms with Gasteiger partial charge in [-0.2, -0.15) is 0 Å². The number of nitrogens with one attached hydrogen (secondary N) is 1. The van der Waals surface area contributed by atoms with E-state index in [-0.39, 0.29) is 11.2 Å². The molecule has 0 atom stereocenters. The van der Waals surface area contributed by atoms with E-state index in [4.69, 9.17) is 0 Å². The molecule has 1 rings (SSSR count). The third kappa shape index (κ3) is 1.95. The Hall–Kier alpha value is -0.630. The largest absolute Gasteiger partial charge is 0.316 e. The molecule has 2 heteroatoms. The Kier molecular flexibility index (Phi) is 2.68. The van der Waals surface area contributed by atoms with E-state index in [0.717, 1.165) is 13.0 Å². The molecule has 0 radical (unpaired) electrons. The van der Waals surface area contributed by atoms with Gasteiger partial charge < -0.3 is 5.32 Å². The Labute approximate surface area is 74.0 Å². The zero-order valence-corrected chi connectivity index (χ0v) is 8.11. The molecule has 0 aromatic rings. The molecule has 0 saturated carbocycles. The fraction of sp³-hybridized carbons (Fsp3) is 0.700. The Bertz CT molecular complexity index is 216. The molecular formula is C10H17NO. The summed E-state index contributed by atoms with van der Waals surface area (Å²) in [5.41, 5.74) is 1.44.